The first-order valence-corrected chi connectivity index (χ1v) is 13.5. The Morgan fingerprint density at radius 3 is 2.05 bits per heavy atom. The number of thioether (sulfide) groups is 1. The predicted molar refractivity (Wildman–Crippen MR) is 140 cm³/mol. The second-order valence-electron chi connectivity index (χ2n) is 8.49. The van der Waals surface area contributed by atoms with Gasteiger partial charge in [0.15, 0.2) is 18.3 Å². The van der Waals surface area contributed by atoms with E-state index in [1.165, 1.54) is 32.5 Å². The maximum atomic E-state index is 12.1. The summed E-state index contributed by atoms with van der Waals surface area (Å²) in [6, 6.07) is 13.2. The maximum absolute atomic E-state index is 12.1. The molecule has 0 aliphatic carbocycles. The lowest BCUT2D eigenvalue weighted by Crippen LogP contribution is -2.57. The molecule has 8 nitrogen and oxygen atoms in total. The molecule has 5 atom stereocenters. The van der Waals surface area contributed by atoms with Gasteiger partial charge in [0, 0.05) is 25.8 Å². The van der Waals surface area contributed by atoms with Gasteiger partial charge in [-0.2, -0.15) is 0 Å². The van der Waals surface area contributed by atoms with E-state index in [0.29, 0.717) is 23.6 Å². The summed E-state index contributed by atoms with van der Waals surface area (Å²) in [5.41, 5.74) is 1.85. The van der Waals surface area contributed by atoms with Crippen molar-refractivity contribution in [2.75, 3.05) is 12.9 Å². The lowest BCUT2D eigenvalue weighted by atomic mass is 9.92. The quantitative estimate of drug-likeness (QED) is 0.319. The van der Waals surface area contributed by atoms with E-state index in [-0.39, 0.29) is 0 Å². The first kappa shape index (κ1) is 28.8. The zero-order chi connectivity index (χ0) is 27.1. The third-order valence-electron chi connectivity index (χ3n) is 5.66. The van der Waals surface area contributed by atoms with Crippen LogP contribution in [0.5, 0.6) is 5.75 Å². The van der Waals surface area contributed by atoms with Crippen LogP contribution in [0.25, 0.3) is 0 Å². The molecule has 1 aliphatic rings. The summed E-state index contributed by atoms with van der Waals surface area (Å²) >= 11 is 7.83. The highest BCUT2D eigenvalue weighted by atomic mass is 35.5. The standard InChI is InChI=1S/C27H31ClO8S/c1-6-32-21-10-7-18(8-11-21)13-20-14-19(9-12-22(20)28)23-24(33-15(2)29)25(34-16(3)30)26(35-17(4)31)27(36-23)37-5/h7-12,14,23-27H,6,13H2,1-5H3/t23-,24-,25+,26-,27+/m0/s1. The van der Waals surface area contributed by atoms with Crippen LogP contribution >= 0.6 is 23.4 Å². The van der Waals surface area contributed by atoms with Gasteiger partial charge >= 0.3 is 17.9 Å². The van der Waals surface area contributed by atoms with E-state index < -0.39 is 47.8 Å². The highest BCUT2D eigenvalue weighted by molar-refractivity contribution is 7.99. The molecule has 0 unspecified atom stereocenters. The fraction of sp³-hybridized carbons (Fsp3) is 0.444. The molecular weight excluding hydrogens is 520 g/mol. The van der Waals surface area contributed by atoms with Crippen LogP contribution in [-0.4, -0.2) is 54.5 Å². The average molecular weight is 551 g/mol. The van der Waals surface area contributed by atoms with Crippen LogP contribution < -0.4 is 4.74 Å². The summed E-state index contributed by atoms with van der Waals surface area (Å²) in [5, 5.41) is 0.563. The number of esters is 3. The number of rotatable bonds is 9. The molecule has 1 heterocycles. The molecule has 10 heteroatoms. The fourth-order valence-corrected chi connectivity index (χ4v) is 5.12. The number of ether oxygens (including phenoxy) is 5. The Kier molecular flexibility index (Phi) is 10.3. The van der Waals surface area contributed by atoms with Gasteiger partial charge in [0.2, 0.25) is 0 Å². The summed E-state index contributed by atoms with van der Waals surface area (Å²) < 4.78 is 28.5. The SMILES string of the molecule is CCOc1ccc(Cc2cc([C@@H]3O[C@H](SC)[C@@H](OC(C)=O)[C@H](OC(C)=O)[C@H]3OC(C)=O)ccc2Cl)cc1. The van der Waals surface area contributed by atoms with E-state index in [9.17, 15) is 14.4 Å². The number of carbonyl (C=O) groups excluding carboxylic acids is 3. The molecule has 0 spiro atoms. The van der Waals surface area contributed by atoms with Crippen LogP contribution in [0.4, 0.5) is 0 Å². The minimum Gasteiger partial charge on any atom is -0.494 e. The summed E-state index contributed by atoms with van der Waals surface area (Å²) in [7, 11) is 0. The zero-order valence-corrected chi connectivity index (χ0v) is 23.0. The van der Waals surface area contributed by atoms with Crippen molar-refractivity contribution < 1.29 is 38.1 Å². The Morgan fingerprint density at radius 2 is 1.49 bits per heavy atom. The molecule has 0 N–H and O–H groups in total. The Labute approximate surface area is 225 Å². The monoisotopic (exact) mass is 550 g/mol. The summed E-state index contributed by atoms with van der Waals surface area (Å²) in [6.07, 6.45) is -1.60. The molecule has 1 aliphatic heterocycles. The van der Waals surface area contributed by atoms with Gasteiger partial charge < -0.3 is 23.7 Å². The Balaban J connectivity index is 1.99. The van der Waals surface area contributed by atoms with E-state index in [2.05, 4.69) is 0 Å². The number of hydrogen-bond acceptors (Lipinski definition) is 9. The summed E-state index contributed by atoms with van der Waals surface area (Å²) in [4.78, 5) is 35.9. The molecule has 3 rings (SSSR count). The van der Waals surface area contributed by atoms with Crippen LogP contribution in [0.1, 0.15) is 50.5 Å². The largest absolute Gasteiger partial charge is 0.494 e. The molecule has 2 aromatic carbocycles. The van der Waals surface area contributed by atoms with Crippen LogP contribution in [0.3, 0.4) is 0 Å². The van der Waals surface area contributed by atoms with Crippen molar-refractivity contribution in [2.45, 2.75) is 64.0 Å². The van der Waals surface area contributed by atoms with Crippen LogP contribution in [0.15, 0.2) is 42.5 Å². The minimum atomic E-state index is -1.08. The Morgan fingerprint density at radius 1 is 0.892 bits per heavy atom. The van der Waals surface area contributed by atoms with Gasteiger partial charge in [-0.05, 0) is 54.5 Å². The molecule has 0 aromatic heterocycles. The number of hydrogen-bond donors (Lipinski definition) is 0. The van der Waals surface area contributed by atoms with Gasteiger partial charge in [0.25, 0.3) is 0 Å². The molecule has 1 fully saturated rings. The van der Waals surface area contributed by atoms with E-state index >= 15 is 0 Å². The molecule has 37 heavy (non-hydrogen) atoms. The second kappa shape index (κ2) is 13.2. The fourth-order valence-electron chi connectivity index (χ4n) is 4.23. The van der Waals surface area contributed by atoms with Gasteiger partial charge in [0.05, 0.1) is 6.61 Å². The lowest BCUT2D eigenvalue weighted by Gasteiger charge is -2.44. The molecule has 0 radical (unpaired) electrons. The summed E-state index contributed by atoms with van der Waals surface area (Å²) in [6.45, 7) is 6.26. The van der Waals surface area contributed by atoms with Crippen molar-refractivity contribution >= 4 is 41.3 Å². The predicted octanol–water partition coefficient (Wildman–Crippen LogP) is 4.89. The number of halogens is 1. The highest BCUT2D eigenvalue weighted by Gasteiger charge is 2.52. The van der Waals surface area contributed by atoms with E-state index in [1.54, 1.807) is 18.4 Å². The molecule has 0 bridgehead atoms. The molecule has 0 saturated carbocycles. The van der Waals surface area contributed by atoms with Gasteiger partial charge in [-0.3, -0.25) is 14.4 Å². The molecular formula is C27H31ClO8S. The number of benzene rings is 2. The average Bonchev–Trinajstić information content (AvgIpc) is 2.83. The van der Waals surface area contributed by atoms with Gasteiger partial charge in [0.1, 0.15) is 17.3 Å². The first-order valence-electron chi connectivity index (χ1n) is 11.8. The van der Waals surface area contributed by atoms with Gasteiger partial charge in [-0.1, -0.05) is 35.9 Å². The van der Waals surface area contributed by atoms with Gasteiger partial charge in [-0.15, -0.1) is 11.8 Å². The summed E-state index contributed by atoms with van der Waals surface area (Å²) in [5.74, 6) is -0.988. The van der Waals surface area contributed by atoms with E-state index in [1.807, 2.05) is 37.3 Å². The molecule has 2 aromatic rings. The maximum Gasteiger partial charge on any atom is 0.303 e. The normalized spacial score (nSPS) is 23.1. The van der Waals surface area contributed by atoms with Crippen LogP contribution in [0.2, 0.25) is 5.02 Å². The third kappa shape index (κ3) is 7.63. The second-order valence-corrected chi connectivity index (χ2v) is 9.83. The topological polar surface area (TPSA) is 97.4 Å². The third-order valence-corrected chi connectivity index (χ3v) is 6.87. The van der Waals surface area contributed by atoms with Crippen molar-refractivity contribution in [1.29, 1.82) is 0 Å². The van der Waals surface area contributed by atoms with Crippen molar-refractivity contribution in [1.82, 2.24) is 0 Å². The van der Waals surface area contributed by atoms with E-state index in [4.69, 9.17) is 35.3 Å². The smallest absolute Gasteiger partial charge is 0.303 e. The van der Waals surface area contributed by atoms with Crippen LogP contribution in [0, 0.1) is 0 Å². The van der Waals surface area contributed by atoms with Gasteiger partial charge in [-0.25, -0.2) is 0 Å². The minimum absolute atomic E-state index is 0.541. The number of carbonyl (C=O) groups is 3. The van der Waals surface area contributed by atoms with Crippen molar-refractivity contribution in [3.05, 3.63) is 64.2 Å². The van der Waals surface area contributed by atoms with Crippen molar-refractivity contribution in [3.8, 4) is 5.75 Å². The molecule has 0 amide bonds. The first-order chi connectivity index (χ1) is 17.6. The molecule has 1 saturated heterocycles. The van der Waals surface area contributed by atoms with Crippen molar-refractivity contribution in [2.24, 2.45) is 0 Å². The highest BCUT2D eigenvalue weighted by Crippen LogP contribution is 2.41. The Hall–Kier alpha value is -2.75. The van der Waals surface area contributed by atoms with E-state index in [0.717, 1.165) is 16.9 Å². The zero-order valence-electron chi connectivity index (χ0n) is 21.4. The van der Waals surface area contributed by atoms with Crippen molar-refractivity contribution in [3.63, 3.8) is 0 Å². The molecule has 200 valence electrons. The Bertz CT molecular complexity index is 1110. The lowest BCUT2D eigenvalue weighted by molar-refractivity contribution is -0.233. The van der Waals surface area contributed by atoms with Crippen LogP contribution in [-0.2, 0) is 39.8 Å².